The summed E-state index contributed by atoms with van der Waals surface area (Å²) in [6.07, 6.45) is 0. The van der Waals surface area contributed by atoms with Crippen LogP contribution >= 0.6 is 11.3 Å². The van der Waals surface area contributed by atoms with Gasteiger partial charge < -0.3 is 14.8 Å². The summed E-state index contributed by atoms with van der Waals surface area (Å²) >= 11 is 1.55. The highest BCUT2D eigenvalue weighted by atomic mass is 32.1. The highest BCUT2D eigenvalue weighted by Crippen LogP contribution is 2.16. The Hall–Kier alpha value is -3.72. The van der Waals surface area contributed by atoms with Crippen molar-refractivity contribution in [3.63, 3.8) is 0 Å². The first-order chi connectivity index (χ1) is 15.0. The Bertz CT molecular complexity index is 1030. The van der Waals surface area contributed by atoms with E-state index in [4.69, 9.17) is 9.47 Å². The molecule has 0 bridgehead atoms. The van der Waals surface area contributed by atoms with E-state index in [1.807, 2.05) is 42.6 Å². The fourth-order valence-electron chi connectivity index (χ4n) is 2.52. The van der Waals surface area contributed by atoms with Crippen molar-refractivity contribution in [2.45, 2.75) is 20.1 Å². The average molecular weight is 439 g/mol. The quantitative estimate of drug-likeness (QED) is 0.522. The monoisotopic (exact) mass is 439 g/mol. The Morgan fingerprint density at radius 1 is 1.03 bits per heavy atom. The largest absolute Gasteiger partial charge is 0.487 e. The minimum absolute atomic E-state index is 0.262. The SMILES string of the molecule is Cc1nc(COc2ccc(C(=O)OCC(=O)NC(=O)NCc3ccccc3)cc2)cs1. The Balaban J connectivity index is 1.38. The Morgan fingerprint density at radius 3 is 2.45 bits per heavy atom. The zero-order valence-corrected chi connectivity index (χ0v) is 17.6. The number of urea groups is 1. The van der Waals surface area contributed by atoms with E-state index in [1.165, 1.54) is 12.1 Å². The van der Waals surface area contributed by atoms with Gasteiger partial charge in [-0.05, 0) is 36.8 Å². The molecular formula is C22H21N3O5S. The summed E-state index contributed by atoms with van der Waals surface area (Å²) in [6, 6.07) is 14.9. The van der Waals surface area contributed by atoms with Gasteiger partial charge in [0.1, 0.15) is 12.4 Å². The van der Waals surface area contributed by atoms with E-state index in [0.29, 0.717) is 12.4 Å². The van der Waals surface area contributed by atoms with Crippen molar-refractivity contribution in [2.75, 3.05) is 6.61 Å². The van der Waals surface area contributed by atoms with Gasteiger partial charge in [-0.2, -0.15) is 0 Å². The third-order valence-electron chi connectivity index (χ3n) is 4.03. The lowest BCUT2D eigenvalue weighted by Crippen LogP contribution is -2.41. The molecule has 1 aromatic heterocycles. The highest BCUT2D eigenvalue weighted by molar-refractivity contribution is 7.09. The van der Waals surface area contributed by atoms with Gasteiger partial charge in [0.15, 0.2) is 6.61 Å². The van der Waals surface area contributed by atoms with Crippen LogP contribution in [0.5, 0.6) is 5.75 Å². The average Bonchev–Trinajstić information content (AvgIpc) is 3.21. The number of hydrogen-bond acceptors (Lipinski definition) is 7. The van der Waals surface area contributed by atoms with Gasteiger partial charge in [-0.15, -0.1) is 11.3 Å². The van der Waals surface area contributed by atoms with Gasteiger partial charge in [0, 0.05) is 11.9 Å². The van der Waals surface area contributed by atoms with Crippen LogP contribution in [0.25, 0.3) is 0 Å². The number of nitrogens with zero attached hydrogens (tertiary/aromatic N) is 1. The zero-order chi connectivity index (χ0) is 22.1. The maximum absolute atomic E-state index is 12.1. The van der Waals surface area contributed by atoms with Crippen molar-refractivity contribution in [2.24, 2.45) is 0 Å². The standard InChI is InChI=1S/C22H21N3O5S/c1-15-24-18(14-31-15)12-29-19-9-7-17(8-10-19)21(27)30-13-20(26)25-22(28)23-11-16-5-3-2-4-6-16/h2-10,14H,11-13H2,1H3,(H2,23,25,26,28). The molecule has 160 valence electrons. The number of aromatic nitrogens is 1. The van der Waals surface area contributed by atoms with E-state index in [2.05, 4.69) is 15.6 Å². The summed E-state index contributed by atoms with van der Waals surface area (Å²) < 4.78 is 10.6. The van der Waals surface area contributed by atoms with Crippen LogP contribution in [0.1, 0.15) is 26.6 Å². The molecule has 3 amide bonds. The summed E-state index contributed by atoms with van der Waals surface area (Å²) in [7, 11) is 0. The summed E-state index contributed by atoms with van der Waals surface area (Å²) in [5.41, 5.74) is 1.99. The van der Waals surface area contributed by atoms with Gasteiger partial charge in [0.25, 0.3) is 5.91 Å². The molecule has 0 aliphatic rings. The molecule has 0 saturated carbocycles. The van der Waals surface area contributed by atoms with E-state index in [-0.39, 0.29) is 12.1 Å². The summed E-state index contributed by atoms with van der Waals surface area (Å²) in [4.78, 5) is 39.9. The molecule has 1 heterocycles. The van der Waals surface area contributed by atoms with Crippen LogP contribution in [0, 0.1) is 6.92 Å². The lowest BCUT2D eigenvalue weighted by Gasteiger charge is -2.08. The van der Waals surface area contributed by atoms with E-state index in [9.17, 15) is 14.4 Å². The molecule has 0 aliphatic carbocycles. The number of amides is 3. The van der Waals surface area contributed by atoms with Gasteiger partial charge in [-0.25, -0.2) is 14.6 Å². The van der Waals surface area contributed by atoms with Crippen molar-refractivity contribution in [3.05, 3.63) is 81.8 Å². The summed E-state index contributed by atoms with van der Waals surface area (Å²) in [6.45, 7) is 1.96. The topological polar surface area (TPSA) is 107 Å². The van der Waals surface area contributed by atoms with E-state index in [0.717, 1.165) is 16.3 Å². The Kier molecular flexibility index (Phi) is 7.72. The highest BCUT2D eigenvalue weighted by Gasteiger charge is 2.13. The molecule has 0 aliphatic heterocycles. The molecule has 2 N–H and O–H groups in total. The van der Waals surface area contributed by atoms with Gasteiger partial charge in [0.2, 0.25) is 0 Å². The summed E-state index contributed by atoms with van der Waals surface area (Å²) in [5.74, 6) is -0.825. The maximum Gasteiger partial charge on any atom is 0.338 e. The number of hydrogen-bond donors (Lipinski definition) is 2. The van der Waals surface area contributed by atoms with Crippen LogP contribution in [0.4, 0.5) is 4.79 Å². The van der Waals surface area contributed by atoms with Crippen LogP contribution in [0.2, 0.25) is 0 Å². The van der Waals surface area contributed by atoms with Crippen LogP contribution in [-0.2, 0) is 22.7 Å². The first-order valence-corrected chi connectivity index (χ1v) is 10.3. The van der Waals surface area contributed by atoms with Gasteiger partial charge in [0.05, 0.1) is 16.3 Å². The van der Waals surface area contributed by atoms with E-state index >= 15 is 0 Å². The number of carbonyl (C=O) groups is 3. The smallest absolute Gasteiger partial charge is 0.338 e. The molecule has 0 spiro atoms. The number of esters is 1. The molecule has 0 radical (unpaired) electrons. The third-order valence-corrected chi connectivity index (χ3v) is 4.85. The predicted octanol–water partition coefficient (Wildman–Crippen LogP) is 3.21. The second-order valence-electron chi connectivity index (χ2n) is 6.46. The molecule has 0 fully saturated rings. The molecule has 9 heteroatoms. The molecular weight excluding hydrogens is 418 g/mol. The minimum Gasteiger partial charge on any atom is -0.487 e. The number of nitrogens with one attached hydrogen (secondary N) is 2. The third kappa shape index (κ3) is 7.23. The molecule has 0 unspecified atom stereocenters. The zero-order valence-electron chi connectivity index (χ0n) is 16.8. The van der Waals surface area contributed by atoms with Crippen molar-refractivity contribution in [3.8, 4) is 5.75 Å². The van der Waals surface area contributed by atoms with Crippen LogP contribution in [0.3, 0.4) is 0 Å². The van der Waals surface area contributed by atoms with Crippen LogP contribution < -0.4 is 15.4 Å². The fraction of sp³-hybridized carbons (Fsp3) is 0.182. The lowest BCUT2D eigenvalue weighted by molar-refractivity contribution is -0.123. The second-order valence-corrected chi connectivity index (χ2v) is 7.53. The molecule has 0 saturated heterocycles. The number of rotatable bonds is 8. The number of carbonyl (C=O) groups excluding carboxylic acids is 3. The van der Waals surface area contributed by atoms with Crippen molar-refractivity contribution in [1.29, 1.82) is 0 Å². The van der Waals surface area contributed by atoms with Gasteiger partial charge in [-0.3, -0.25) is 10.1 Å². The molecule has 0 atom stereocenters. The Morgan fingerprint density at radius 2 is 1.77 bits per heavy atom. The maximum atomic E-state index is 12.1. The van der Waals surface area contributed by atoms with Crippen molar-refractivity contribution in [1.82, 2.24) is 15.6 Å². The molecule has 31 heavy (non-hydrogen) atoms. The number of benzene rings is 2. The lowest BCUT2D eigenvalue weighted by atomic mass is 10.2. The van der Waals surface area contributed by atoms with Crippen LogP contribution in [0.15, 0.2) is 60.0 Å². The summed E-state index contributed by atoms with van der Waals surface area (Å²) in [5, 5.41) is 7.55. The fourth-order valence-corrected chi connectivity index (χ4v) is 3.12. The first kappa shape index (κ1) is 22.0. The molecule has 3 rings (SSSR count). The van der Waals surface area contributed by atoms with E-state index in [1.54, 1.807) is 23.5 Å². The number of imide groups is 1. The molecule has 2 aromatic carbocycles. The Labute approximate surface area is 183 Å². The minimum atomic E-state index is -0.725. The van der Waals surface area contributed by atoms with Gasteiger partial charge in [-0.1, -0.05) is 30.3 Å². The van der Waals surface area contributed by atoms with Crippen molar-refractivity contribution < 1.29 is 23.9 Å². The van der Waals surface area contributed by atoms with E-state index < -0.39 is 24.5 Å². The number of thiazole rings is 1. The normalized spacial score (nSPS) is 10.2. The van der Waals surface area contributed by atoms with Crippen molar-refractivity contribution >= 4 is 29.2 Å². The molecule has 8 nitrogen and oxygen atoms in total. The second kappa shape index (κ2) is 10.9. The predicted molar refractivity (Wildman–Crippen MR) is 115 cm³/mol. The number of aryl methyl sites for hydroxylation is 1. The molecule has 3 aromatic rings. The number of ether oxygens (including phenoxy) is 2. The van der Waals surface area contributed by atoms with Gasteiger partial charge >= 0.3 is 12.0 Å². The van der Waals surface area contributed by atoms with Crippen LogP contribution in [-0.4, -0.2) is 29.5 Å². The first-order valence-electron chi connectivity index (χ1n) is 9.42.